The fourth-order valence-corrected chi connectivity index (χ4v) is 2.61. The molecule has 0 aliphatic heterocycles. The first kappa shape index (κ1) is 11.0. The third-order valence-electron chi connectivity index (χ3n) is 1.94. The molecular formula is C10H7ClN2O2S. The van der Waals surface area contributed by atoms with Gasteiger partial charge in [-0.3, -0.25) is 0 Å². The maximum atomic E-state index is 12.0. The third-order valence-corrected chi connectivity index (χ3v) is 3.81. The summed E-state index contributed by atoms with van der Waals surface area (Å²) >= 11 is 5.62. The van der Waals surface area contributed by atoms with Gasteiger partial charge < -0.3 is 0 Å². The van der Waals surface area contributed by atoms with Crippen LogP contribution in [-0.4, -0.2) is 18.4 Å². The average molecular weight is 255 g/mol. The minimum absolute atomic E-state index is 0.0984. The number of hydrogen-bond donors (Lipinski definition) is 0. The van der Waals surface area contributed by atoms with Crippen LogP contribution in [0.1, 0.15) is 0 Å². The smallest absolute Gasteiger partial charge is 0.224 e. The molecule has 0 radical (unpaired) electrons. The molecule has 0 saturated carbocycles. The molecule has 1 aromatic carbocycles. The van der Waals surface area contributed by atoms with Crippen LogP contribution in [0, 0.1) is 0 Å². The average Bonchev–Trinajstić information content (AvgIpc) is 2.30. The van der Waals surface area contributed by atoms with E-state index in [0.29, 0.717) is 0 Å². The van der Waals surface area contributed by atoms with E-state index in [2.05, 4.69) is 9.97 Å². The molecule has 0 N–H and O–H groups in total. The first-order valence-electron chi connectivity index (χ1n) is 4.38. The number of halogens is 1. The predicted molar refractivity (Wildman–Crippen MR) is 58.9 cm³/mol. The van der Waals surface area contributed by atoms with Gasteiger partial charge in [0.25, 0.3) is 0 Å². The summed E-state index contributed by atoms with van der Waals surface area (Å²) in [4.78, 5) is 7.53. The third kappa shape index (κ3) is 2.05. The first-order valence-corrected chi connectivity index (χ1v) is 6.24. The second-order valence-electron chi connectivity index (χ2n) is 3.00. The molecule has 0 aliphatic carbocycles. The van der Waals surface area contributed by atoms with Crippen LogP contribution >= 0.6 is 11.6 Å². The zero-order valence-corrected chi connectivity index (χ0v) is 9.61. The van der Waals surface area contributed by atoms with Crippen molar-refractivity contribution < 1.29 is 8.42 Å². The number of benzene rings is 1. The molecule has 0 fully saturated rings. The van der Waals surface area contributed by atoms with Crippen molar-refractivity contribution in [1.29, 1.82) is 0 Å². The van der Waals surface area contributed by atoms with Gasteiger partial charge in [0.15, 0.2) is 5.03 Å². The van der Waals surface area contributed by atoms with Crippen molar-refractivity contribution in [3.63, 3.8) is 0 Å². The lowest BCUT2D eigenvalue weighted by atomic mass is 10.4. The molecule has 0 spiro atoms. The van der Waals surface area contributed by atoms with Gasteiger partial charge in [0, 0.05) is 6.07 Å². The van der Waals surface area contributed by atoms with E-state index in [4.69, 9.17) is 11.6 Å². The van der Waals surface area contributed by atoms with Gasteiger partial charge in [0.2, 0.25) is 9.84 Å². The molecule has 0 atom stereocenters. The maximum absolute atomic E-state index is 12.0. The van der Waals surface area contributed by atoms with Gasteiger partial charge in [0.1, 0.15) is 11.5 Å². The maximum Gasteiger partial charge on any atom is 0.224 e. The van der Waals surface area contributed by atoms with Crippen LogP contribution in [0.4, 0.5) is 0 Å². The van der Waals surface area contributed by atoms with Gasteiger partial charge in [-0.1, -0.05) is 29.8 Å². The van der Waals surface area contributed by atoms with E-state index < -0.39 is 9.84 Å². The summed E-state index contributed by atoms with van der Waals surface area (Å²) in [5.74, 6) is 0. The molecule has 4 nitrogen and oxygen atoms in total. The summed E-state index contributed by atoms with van der Waals surface area (Å²) in [6.07, 6.45) is 1.12. The minimum Gasteiger partial charge on any atom is -0.225 e. The molecular weight excluding hydrogens is 248 g/mol. The summed E-state index contributed by atoms with van der Waals surface area (Å²) in [6.45, 7) is 0. The lowest BCUT2D eigenvalue weighted by molar-refractivity contribution is 0.592. The number of hydrogen-bond acceptors (Lipinski definition) is 4. The Bertz CT molecular complexity index is 599. The van der Waals surface area contributed by atoms with E-state index in [1.165, 1.54) is 18.2 Å². The molecule has 82 valence electrons. The van der Waals surface area contributed by atoms with E-state index in [0.717, 1.165) is 6.33 Å². The highest BCUT2D eigenvalue weighted by molar-refractivity contribution is 7.91. The van der Waals surface area contributed by atoms with Crippen LogP contribution in [-0.2, 0) is 9.84 Å². The molecule has 2 aromatic rings. The molecule has 2 rings (SSSR count). The molecule has 0 bridgehead atoms. The van der Waals surface area contributed by atoms with Gasteiger partial charge >= 0.3 is 0 Å². The Morgan fingerprint density at radius 2 is 1.75 bits per heavy atom. The molecule has 0 unspecified atom stereocenters. The molecule has 16 heavy (non-hydrogen) atoms. The molecule has 0 aliphatic rings. The zero-order chi connectivity index (χ0) is 11.6. The van der Waals surface area contributed by atoms with Gasteiger partial charge in [-0.2, -0.15) is 0 Å². The Balaban J connectivity index is 2.56. The van der Waals surface area contributed by atoms with Crippen molar-refractivity contribution in [2.75, 3.05) is 0 Å². The molecule has 1 heterocycles. The Hall–Kier alpha value is -1.46. The van der Waals surface area contributed by atoms with Crippen molar-refractivity contribution in [2.24, 2.45) is 0 Å². The molecule has 0 saturated heterocycles. The zero-order valence-electron chi connectivity index (χ0n) is 8.04. The number of sulfone groups is 1. The second kappa shape index (κ2) is 4.19. The van der Waals surface area contributed by atoms with Crippen molar-refractivity contribution in [3.8, 4) is 0 Å². The normalized spacial score (nSPS) is 11.3. The van der Waals surface area contributed by atoms with Crippen LogP contribution in [0.2, 0.25) is 5.15 Å². The van der Waals surface area contributed by atoms with Crippen molar-refractivity contribution in [1.82, 2.24) is 9.97 Å². The highest BCUT2D eigenvalue weighted by Crippen LogP contribution is 2.19. The second-order valence-corrected chi connectivity index (χ2v) is 5.28. The standard InChI is InChI=1S/C10H7ClN2O2S/c11-9-6-10(13-7-12-9)16(14,15)8-4-2-1-3-5-8/h1-7H. The lowest BCUT2D eigenvalue weighted by Gasteiger charge is -2.02. The van der Waals surface area contributed by atoms with E-state index in [9.17, 15) is 8.42 Å². The van der Waals surface area contributed by atoms with Gasteiger partial charge in [-0.05, 0) is 12.1 Å². The van der Waals surface area contributed by atoms with Gasteiger partial charge in [0.05, 0.1) is 4.90 Å². The van der Waals surface area contributed by atoms with E-state index in [-0.39, 0.29) is 15.1 Å². The van der Waals surface area contributed by atoms with E-state index in [1.807, 2.05) is 0 Å². The minimum atomic E-state index is -3.60. The Labute approximate surface area is 97.9 Å². The quantitative estimate of drug-likeness (QED) is 0.769. The molecule has 0 amide bonds. The van der Waals surface area contributed by atoms with Crippen molar-refractivity contribution in [3.05, 3.63) is 47.9 Å². The summed E-state index contributed by atoms with van der Waals surface area (Å²) < 4.78 is 24.1. The first-order chi connectivity index (χ1) is 7.60. The van der Waals surface area contributed by atoms with Crippen LogP contribution in [0.15, 0.2) is 52.6 Å². The number of rotatable bonds is 2. The van der Waals surface area contributed by atoms with E-state index >= 15 is 0 Å². The summed E-state index contributed by atoms with van der Waals surface area (Å²) in [5.41, 5.74) is 0. The fraction of sp³-hybridized carbons (Fsp3) is 0. The van der Waals surface area contributed by atoms with Crippen LogP contribution < -0.4 is 0 Å². The topological polar surface area (TPSA) is 59.9 Å². The lowest BCUT2D eigenvalue weighted by Crippen LogP contribution is -2.04. The SMILES string of the molecule is O=S(=O)(c1ccccc1)c1cc(Cl)ncn1. The summed E-state index contributed by atoms with van der Waals surface area (Å²) in [6, 6.07) is 9.28. The summed E-state index contributed by atoms with van der Waals surface area (Å²) in [7, 11) is -3.60. The molecule has 1 aromatic heterocycles. The fourth-order valence-electron chi connectivity index (χ4n) is 1.18. The Kier molecular flexibility index (Phi) is 2.89. The Morgan fingerprint density at radius 3 is 2.38 bits per heavy atom. The predicted octanol–water partition coefficient (Wildman–Crippen LogP) is 1.96. The monoisotopic (exact) mass is 254 g/mol. The molecule has 6 heteroatoms. The van der Waals surface area contributed by atoms with Gasteiger partial charge in [-0.15, -0.1) is 0 Å². The highest BCUT2D eigenvalue weighted by Gasteiger charge is 2.18. The summed E-state index contributed by atoms with van der Waals surface area (Å²) in [5, 5.41) is 0.00297. The number of aromatic nitrogens is 2. The van der Waals surface area contributed by atoms with Crippen molar-refractivity contribution in [2.45, 2.75) is 9.92 Å². The Morgan fingerprint density at radius 1 is 1.06 bits per heavy atom. The van der Waals surface area contributed by atoms with Crippen molar-refractivity contribution >= 4 is 21.4 Å². The number of nitrogens with zero attached hydrogens (tertiary/aromatic N) is 2. The highest BCUT2D eigenvalue weighted by atomic mass is 35.5. The largest absolute Gasteiger partial charge is 0.225 e. The van der Waals surface area contributed by atoms with Crippen LogP contribution in [0.5, 0.6) is 0 Å². The van der Waals surface area contributed by atoms with Gasteiger partial charge in [-0.25, -0.2) is 18.4 Å². The van der Waals surface area contributed by atoms with Crippen LogP contribution in [0.25, 0.3) is 0 Å². The van der Waals surface area contributed by atoms with E-state index in [1.54, 1.807) is 18.2 Å². The van der Waals surface area contributed by atoms with Crippen LogP contribution in [0.3, 0.4) is 0 Å².